The highest BCUT2D eigenvalue weighted by Gasteiger charge is 1.91. The molecule has 0 amide bonds. The van der Waals surface area contributed by atoms with E-state index in [9.17, 15) is 4.79 Å². The number of unbranched alkanes of at least 4 members (excludes halogenated alkanes) is 8. The Labute approximate surface area is 98.5 Å². The molecule has 0 aromatic carbocycles. The van der Waals surface area contributed by atoms with Gasteiger partial charge in [0, 0.05) is 0 Å². The molecule has 0 aromatic heterocycles. The van der Waals surface area contributed by atoms with E-state index in [1.807, 2.05) is 0 Å². The van der Waals surface area contributed by atoms with Crippen molar-refractivity contribution in [1.82, 2.24) is 0 Å². The first-order chi connectivity index (χ1) is 7.77. The summed E-state index contributed by atoms with van der Waals surface area (Å²) in [6.07, 6.45) is 13.0. The number of carboxylic acid groups (broad SMARTS) is 1. The second kappa shape index (κ2) is 12.1. The standard InChI is InChI=1S/C13H24O3/c1-2-3-4-5-6-7-8-9-10-11-12-16-13(14)15/h11-12H,2-10H2,1H3,(H,14,15). The molecular formula is C13H24O3. The molecule has 0 spiro atoms. The average Bonchev–Trinajstić information content (AvgIpc) is 2.25. The second-order valence-electron chi connectivity index (χ2n) is 4.02. The van der Waals surface area contributed by atoms with Gasteiger partial charge < -0.3 is 9.84 Å². The van der Waals surface area contributed by atoms with Gasteiger partial charge in [0.15, 0.2) is 0 Å². The van der Waals surface area contributed by atoms with Crippen LogP contribution >= 0.6 is 0 Å². The van der Waals surface area contributed by atoms with E-state index < -0.39 is 6.16 Å². The smallest absolute Gasteiger partial charge is 0.449 e. The van der Waals surface area contributed by atoms with Crippen molar-refractivity contribution in [3.63, 3.8) is 0 Å². The van der Waals surface area contributed by atoms with Gasteiger partial charge in [-0.05, 0) is 18.9 Å². The van der Waals surface area contributed by atoms with E-state index in [2.05, 4.69) is 11.7 Å². The van der Waals surface area contributed by atoms with Crippen molar-refractivity contribution in [2.45, 2.75) is 64.7 Å². The summed E-state index contributed by atoms with van der Waals surface area (Å²) in [7, 11) is 0. The Morgan fingerprint density at radius 3 is 2.19 bits per heavy atom. The molecule has 0 unspecified atom stereocenters. The summed E-state index contributed by atoms with van der Waals surface area (Å²) in [5, 5.41) is 8.18. The fraction of sp³-hybridized carbons (Fsp3) is 0.769. The number of hydrogen-bond acceptors (Lipinski definition) is 2. The molecule has 0 fully saturated rings. The van der Waals surface area contributed by atoms with E-state index >= 15 is 0 Å². The first-order valence-electron chi connectivity index (χ1n) is 6.32. The highest BCUT2D eigenvalue weighted by atomic mass is 16.7. The molecular weight excluding hydrogens is 204 g/mol. The van der Waals surface area contributed by atoms with E-state index in [1.165, 1.54) is 51.2 Å². The quantitative estimate of drug-likeness (QED) is 0.334. The van der Waals surface area contributed by atoms with Crippen molar-refractivity contribution in [3.8, 4) is 0 Å². The zero-order chi connectivity index (χ0) is 12.1. The number of rotatable bonds is 10. The maximum absolute atomic E-state index is 9.99. The molecule has 0 bridgehead atoms. The van der Waals surface area contributed by atoms with Crippen molar-refractivity contribution < 1.29 is 14.6 Å². The minimum atomic E-state index is -1.24. The molecule has 0 saturated carbocycles. The van der Waals surface area contributed by atoms with Gasteiger partial charge in [-0.15, -0.1) is 0 Å². The molecule has 0 atom stereocenters. The minimum absolute atomic E-state index is 0.905. The molecule has 0 saturated heterocycles. The van der Waals surface area contributed by atoms with Crippen LogP contribution in [0.4, 0.5) is 4.79 Å². The van der Waals surface area contributed by atoms with Gasteiger partial charge in [-0.1, -0.05) is 51.9 Å². The van der Waals surface area contributed by atoms with Crippen LogP contribution < -0.4 is 0 Å². The highest BCUT2D eigenvalue weighted by Crippen LogP contribution is 2.09. The lowest BCUT2D eigenvalue weighted by Crippen LogP contribution is -1.91. The van der Waals surface area contributed by atoms with Gasteiger partial charge in [0.1, 0.15) is 0 Å². The Morgan fingerprint density at radius 1 is 1.06 bits per heavy atom. The van der Waals surface area contributed by atoms with Gasteiger partial charge in [-0.3, -0.25) is 0 Å². The minimum Gasteiger partial charge on any atom is -0.449 e. The molecule has 3 heteroatoms. The van der Waals surface area contributed by atoms with Gasteiger partial charge in [-0.2, -0.15) is 0 Å². The maximum Gasteiger partial charge on any atom is 0.510 e. The van der Waals surface area contributed by atoms with Crippen LogP contribution in [0.3, 0.4) is 0 Å². The van der Waals surface area contributed by atoms with E-state index in [-0.39, 0.29) is 0 Å². The van der Waals surface area contributed by atoms with Gasteiger partial charge in [-0.25, -0.2) is 4.79 Å². The van der Waals surface area contributed by atoms with E-state index in [0.717, 1.165) is 12.8 Å². The lowest BCUT2D eigenvalue weighted by Gasteiger charge is -1.99. The molecule has 1 N–H and O–H groups in total. The first-order valence-corrected chi connectivity index (χ1v) is 6.32. The molecule has 94 valence electrons. The third-order valence-electron chi connectivity index (χ3n) is 2.49. The highest BCUT2D eigenvalue weighted by molar-refractivity contribution is 5.57. The number of carbonyl (C=O) groups is 1. The Hall–Kier alpha value is -0.990. The van der Waals surface area contributed by atoms with Crippen molar-refractivity contribution >= 4 is 6.16 Å². The fourth-order valence-corrected chi connectivity index (χ4v) is 1.57. The van der Waals surface area contributed by atoms with Gasteiger partial charge in [0.05, 0.1) is 6.26 Å². The van der Waals surface area contributed by atoms with Gasteiger partial charge in [0.2, 0.25) is 0 Å². The monoisotopic (exact) mass is 228 g/mol. The van der Waals surface area contributed by atoms with Crippen LogP contribution in [-0.2, 0) is 4.74 Å². The Morgan fingerprint density at radius 2 is 1.62 bits per heavy atom. The normalized spacial score (nSPS) is 10.8. The van der Waals surface area contributed by atoms with Gasteiger partial charge in [0.25, 0.3) is 0 Å². The molecule has 3 nitrogen and oxygen atoms in total. The van der Waals surface area contributed by atoms with Crippen LogP contribution in [0.5, 0.6) is 0 Å². The summed E-state index contributed by atoms with van der Waals surface area (Å²) >= 11 is 0. The molecule has 16 heavy (non-hydrogen) atoms. The zero-order valence-electron chi connectivity index (χ0n) is 10.3. The lowest BCUT2D eigenvalue weighted by atomic mass is 10.1. The SMILES string of the molecule is CCCCCCCCCCC=COC(=O)O. The number of allylic oxidation sites excluding steroid dienone is 1. The third kappa shape index (κ3) is 13.0. The molecule has 0 aliphatic heterocycles. The molecule has 0 rings (SSSR count). The largest absolute Gasteiger partial charge is 0.510 e. The summed E-state index contributed by atoms with van der Waals surface area (Å²) in [5.41, 5.74) is 0. The van der Waals surface area contributed by atoms with E-state index in [0.29, 0.717) is 0 Å². The molecule has 0 aliphatic carbocycles. The second-order valence-corrected chi connectivity index (χ2v) is 4.02. The molecule has 0 aromatic rings. The first kappa shape index (κ1) is 15.0. The number of hydrogen-bond donors (Lipinski definition) is 1. The van der Waals surface area contributed by atoms with Crippen LogP contribution in [0.15, 0.2) is 12.3 Å². The van der Waals surface area contributed by atoms with Crippen molar-refractivity contribution in [2.24, 2.45) is 0 Å². The predicted molar refractivity (Wildman–Crippen MR) is 65.5 cm³/mol. The topological polar surface area (TPSA) is 46.5 Å². The predicted octanol–water partition coefficient (Wildman–Crippen LogP) is 4.73. The molecule has 0 radical (unpaired) electrons. The third-order valence-corrected chi connectivity index (χ3v) is 2.49. The van der Waals surface area contributed by atoms with Crippen LogP contribution in [-0.4, -0.2) is 11.3 Å². The Bertz CT molecular complexity index is 188. The van der Waals surface area contributed by atoms with Crippen LogP contribution in [0.1, 0.15) is 64.7 Å². The Balaban J connectivity index is 3.03. The van der Waals surface area contributed by atoms with Gasteiger partial charge >= 0.3 is 6.16 Å². The van der Waals surface area contributed by atoms with Crippen molar-refractivity contribution in [1.29, 1.82) is 0 Å². The summed E-state index contributed by atoms with van der Waals surface area (Å²) in [5.74, 6) is 0. The van der Waals surface area contributed by atoms with E-state index in [1.54, 1.807) is 6.08 Å². The fourth-order valence-electron chi connectivity index (χ4n) is 1.57. The maximum atomic E-state index is 9.99. The van der Waals surface area contributed by atoms with E-state index in [4.69, 9.17) is 5.11 Å². The van der Waals surface area contributed by atoms with Crippen molar-refractivity contribution in [3.05, 3.63) is 12.3 Å². The lowest BCUT2D eigenvalue weighted by molar-refractivity contribution is 0.128. The Kier molecular flexibility index (Phi) is 11.3. The zero-order valence-corrected chi connectivity index (χ0v) is 10.3. The molecule has 0 aliphatic rings. The van der Waals surface area contributed by atoms with Crippen LogP contribution in [0.2, 0.25) is 0 Å². The van der Waals surface area contributed by atoms with Crippen molar-refractivity contribution in [2.75, 3.05) is 0 Å². The summed E-state index contributed by atoms with van der Waals surface area (Å²) in [6, 6.07) is 0. The summed E-state index contributed by atoms with van der Waals surface area (Å²) in [6.45, 7) is 2.23. The summed E-state index contributed by atoms with van der Waals surface area (Å²) in [4.78, 5) is 9.99. The molecule has 0 heterocycles. The summed E-state index contributed by atoms with van der Waals surface area (Å²) < 4.78 is 4.25. The van der Waals surface area contributed by atoms with Crippen LogP contribution in [0, 0.1) is 0 Å². The average molecular weight is 228 g/mol. The number of ether oxygens (including phenoxy) is 1. The van der Waals surface area contributed by atoms with Crippen LogP contribution in [0.25, 0.3) is 0 Å².